The van der Waals surface area contributed by atoms with Crippen LogP contribution in [0.4, 0.5) is 17.6 Å². The molecule has 4 nitrogen and oxygen atoms in total. The van der Waals surface area contributed by atoms with E-state index < -0.39 is 17.6 Å². The molecule has 1 heterocycles. The van der Waals surface area contributed by atoms with Gasteiger partial charge < -0.3 is 9.88 Å². The summed E-state index contributed by atoms with van der Waals surface area (Å²) in [5.74, 6) is -0.219. The van der Waals surface area contributed by atoms with E-state index in [-0.39, 0.29) is 12.4 Å². The van der Waals surface area contributed by atoms with Gasteiger partial charge in [-0.2, -0.15) is 13.2 Å². The van der Waals surface area contributed by atoms with E-state index in [0.29, 0.717) is 23.0 Å². The maximum Gasteiger partial charge on any atom is 0.419 e. The van der Waals surface area contributed by atoms with Crippen LogP contribution in [0.1, 0.15) is 17.0 Å². The predicted octanol–water partition coefficient (Wildman–Crippen LogP) is 3.41. The monoisotopic (exact) mass is 370 g/mol. The van der Waals surface area contributed by atoms with Crippen molar-refractivity contribution in [2.75, 3.05) is 7.05 Å². The van der Waals surface area contributed by atoms with Crippen molar-refractivity contribution in [1.29, 1.82) is 0 Å². The van der Waals surface area contributed by atoms with Gasteiger partial charge in [0.25, 0.3) is 0 Å². The zero-order chi connectivity index (χ0) is 16.3. The highest BCUT2D eigenvalue weighted by Gasteiger charge is 2.33. The molecule has 0 atom stereocenters. The number of rotatable bonds is 5. The molecule has 1 aromatic heterocycles. The lowest BCUT2D eigenvalue weighted by atomic mass is 10.1. The van der Waals surface area contributed by atoms with Gasteiger partial charge in [-0.25, -0.2) is 4.39 Å². The smallest absolute Gasteiger partial charge is 0.313 e. The number of nitrogens with one attached hydrogen (secondary N) is 1. The molecule has 1 N–H and O–H groups in total. The van der Waals surface area contributed by atoms with Gasteiger partial charge in [-0.15, -0.1) is 22.6 Å². The van der Waals surface area contributed by atoms with Crippen LogP contribution in [0.5, 0.6) is 0 Å². The Morgan fingerprint density at radius 1 is 1.26 bits per heavy atom. The third-order valence-corrected chi connectivity index (χ3v) is 4.06. The fraction of sp³-hybridized carbons (Fsp3) is 0.385. The molecule has 128 valence electrons. The molecule has 2 rings (SSSR count). The quantitative estimate of drug-likeness (QED) is 0.647. The second-order valence-electron chi connectivity index (χ2n) is 4.59. The van der Waals surface area contributed by atoms with Crippen LogP contribution in [-0.4, -0.2) is 21.8 Å². The van der Waals surface area contributed by atoms with E-state index in [1.54, 1.807) is 18.7 Å². The van der Waals surface area contributed by atoms with Crippen LogP contribution in [0.15, 0.2) is 23.4 Å². The summed E-state index contributed by atoms with van der Waals surface area (Å²) < 4.78 is 52.7. The molecule has 0 aliphatic rings. The van der Waals surface area contributed by atoms with Crippen LogP contribution in [0, 0.1) is 5.82 Å². The van der Waals surface area contributed by atoms with E-state index in [0.717, 1.165) is 18.0 Å². The van der Waals surface area contributed by atoms with E-state index in [9.17, 15) is 17.6 Å². The van der Waals surface area contributed by atoms with Gasteiger partial charge in [-0.1, -0.05) is 17.8 Å². The molecule has 0 fully saturated rings. The Morgan fingerprint density at radius 3 is 2.52 bits per heavy atom. The van der Waals surface area contributed by atoms with Crippen LogP contribution < -0.4 is 5.32 Å². The van der Waals surface area contributed by atoms with Crippen molar-refractivity contribution in [1.82, 2.24) is 20.1 Å². The van der Waals surface area contributed by atoms with Crippen molar-refractivity contribution < 1.29 is 17.6 Å². The number of benzene rings is 1. The molecule has 0 radical (unpaired) electrons. The first-order valence-electron chi connectivity index (χ1n) is 6.34. The number of thioether (sulfide) groups is 1. The van der Waals surface area contributed by atoms with Crippen molar-refractivity contribution in [3.8, 4) is 0 Å². The van der Waals surface area contributed by atoms with Crippen molar-refractivity contribution in [3.05, 3.63) is 41.0 Å². The molecular formula is C13H15ClF4N4S. The summed E-state index contributed by atoms with van der Waals surface area (Å²) in [6.45, 7) is 0.555. The number of halogens is 5. The Kier molecular flexibility index (Phi) is 6.84. The lowest BCUT2D eigenvalue weighted by Gasteiger charge is -2.09. The van der Waals surface area contributed by atoms with Gasteiger partial charge in [0.15, 0.2) is 5.16 Å². The molecule has 0 spiro atoms. The second-order valence-corrected chi connectivity index (χ2v) is 5.53. The summed E-state index contributed by atoms with van der Waals surface area (Å²) in [6.07, 6.45) is -4.68. The molecule has 2 aromatic rings. The minimum absolute atomic E-state index is 0. The first-order chi connectivity index (χ1) is 10.3. The minimum atomic E-state index is -4.68. The van der Waals surface area contributed by atoms with Crippen LogP contribution in [-0.2, 0) is 25.5 Å². The molecule has 0 saturated heterocycles. The van der Waals surface area contributed by atoms with E-state index in [1.807, 2.05) is 0 Å². The molecule has 0 aliphatic heterocycles. The lowest BCUT2D eigenvalue weighted by Crippen LogP contribution is -2.10. The number of nitrogens with zero attached hydrogens (tertiary/aromatic N) is 3. The fourth-order valence-corrected chi connectivity index (χ4v) is 2.68. The highest BCUT2D eigenvalue weighted by molar-refractivity contribution is 7.98. The highest BCUT2D eigenvalue weighted by Crippen LogP contribution is 2.32. The first kappa shape index (κ1) is 19.7. The highest BCUT2D eigenvalue weighted by atomic mass is 35.5. The number of aromatic nitrogens is 3. The Hall–Kier alpha value is -1.32. The van der Waals surface area contributed by atoms with Gasteiger partial charge in [0.1, 0.15) is 11.6 Å². The average Bonchev–Trinajstić information content (AvgIpc) is 2.77. The third-order valence-electron chi connectivity index (χ3n) is 2.97. The van der Waals surface area contributed by atoms with E-state index in [4.69, 9.17) is 0 Å². The van der Waals surface area contributed by atoms with Gasteiger partial charge in [0, 0.05) is 12.8 Å². The van der Waals surface area contributed by atoms with Crippen molar-refractivity contribution >= 4 is 24.2 Å². The average molecular weight is 371 g/mol. The van der Waals surface area contributed by atoms with Crippen LogP contribution in [0.3, 0.4) is 0 Å². The third kappa shape index (κ3) is 4.82. The van der Waals surface area contributed by atoms with E-state index in [2.05, 4.69) is 15.5 Å². The van der Waals surface area contributed by atoms with Gasteiger partial charge in [0.05, 0.1) is 12.1 Å². The predicted molar refractivity (Wildman–Crippen MR) is 82.0 cm³/mol. The van der Waals surface area contributed by atoms with Crippen molar-refractivity contribution in [3.63, 3.8) is 0 Å². The Bertz CT molecular complexity index is 660. The number of hydrogen-bond donors (Lipinski definition) is 1. The van der Waals surface area contributed by atoms with Crippen LogP contribution in [0.25, 0.3) is 0 Å². The van der Waals surface area contributed by atoms with Crippen LogP contribution in [0.2, 0.25) is 0 Å². The van der Waals surface area contributed by atoms with Gasteiger partial charge >= 0.3 is 6.18 Å². The maximum absolute atomic E-state index is 13.5. The number of hydrogen-bond acceptors (Lipinski definition) is 4. The second kappa shape index (κ2) is 7.98. The molecule has 23 heavy (non-hydrogen) atoms. The largest absolute Gasteiger partial charge is 0.419 e. The summed E-state index contributed by atoms with van der Waals surface area (Å²) in [6, 6.07) is 2.93. The van der Waals surface area contributed by atoms with Crippen molar-refractivity contribution in [2.24, 2.45) is 7.05 Å². The zero-order valence-electron chi connectivity index (χ0n) is 12.3. The zero-order valence-corrected chi connectivity index (χ0v) is 13.9. The molecule has 1 aromatic carbocycles. The SMILES string of the molecule is CNCc1nnc(SCc2ccc(C(F)(F)F)c(F)c2)n1C.Cl. The minimum Gasteiger partial charge on any atom is -0.313 e. The van der Waals surface area contributed by atoms with Gasteiger partial charge in [-0.05, 0) is 24.7 Å². The van der Waals surface area contributed by atoms with E-state index in [1.165, 1.54) is 17.8 Å². The maximum atomic E-state index is 13.5. The Labute approximate surface area is 141 Å². The first-order valence-corrected chi connectivity index (χ1v) is 7.32. The Balaban J connectivity index is 0.00000264. The normalized spacial score (nSPS) is 11.4. The Morgan fingerprint density at radius 2 is 1.96 bits per heavy atom. The fourth-order valence-electron chi connectivity index (χ4n) is 1.81. The van der Waals surface area contributed by atoms with E-state index >= 15 is 0 Å². The summed E-state index contributed by atoms with van der Waals surface area (Å²) in [7, 11) is 3.58. The number of alkyl halides is 3. The van der Waals surface area contributed by atoms with Crippen molar-refractivity contribution in [2.45, 2.75) is 23.6 Å². The summed E-state index contributed by atoms with van der Waals surface area (Å²) in [5.41, 5.74) is -0.801. The molecular weight excluding hydrogens is 356 g/mol. The standard InChI is InChI=1S/C13H14F4N4S.ClH/c1-18-6-11-19-20-12(21(11)2)22-7-8-3-4-9(10(14)5-8)13(15,16)17;/h3-5,18H,6-7H2,1-2H3;1H. The molecule has 0 aliphatic carbocycles. The summed E-state index contributed by atoms with van der Waals surface area (Å²) >= 11 is 1.28. The lowest BCUT2D eigenvalue weighted by molar-refractivity contribution is -0.140. The van der Waals surface area contributed by atoms with Crippen LogP contribution >= 0.6 is 24.2 Å². The topological polar surface area (TPSA) is 42.7 Å². The summed E-state index contributed by atoms with van der Waals surface area (Å²) in [5, 5.41) is 11.5. The molecule has 0 saturated carbocycles. The molecule has 0 bridgehead atoms. The van der Waals surface area contributed by atoms with Gasteiger partial charge in [-0.3, -0.25) is 0 Å². The molecule has 0 amide bonds. The molecule has 0 unspecified atom stereocenters. The van der Waals surface area contributed by atoms with Gasteiger partial charge in [0.2, 0.25) is 0 Å². The molecule has 10 heteroatoms. The summed E-state index contributed by atoms with van der Waals surface area (Å²) in [4.78, 5) is 0.